The van der Waals surface area contributed by atoms with E-state index < -0.39 is 0 Å². The van der Waals surface area contributed by atoms with Crippen molar-refractivity contribution in [2.45, 2.75) is 39.0 Å². The second-order valence-corrected chi connectivity index (χ2v) is 5.21. The normalized spacial score (nSPS) is 16.7. The molecule has 1 aliphatic rings. The fraction of sp³-hybridized carbons (Fsp3) is 0.562. The minimum Gasteiger partial charge on any atom is -0.370 e. The van der Waals surface area contributed by atoms with Gasteiger partial charge in [-0.25, -0.2) is 0 Å². The molecule has 104 valence electrons. The Hall–Kier alpha value is -1.51. The molecule has 1 saturated heterocycles. The number of aliphatic imine (C=N–C) groups is 1. The van der Waals surface area contributed by atoms with Crippen molar-refractivity contribution in [1.29, 1.82) is 0 Å². The number of hydrogen-bond donors (Lipinski definition) is 1. The van der Waals surface area contributed by atoms with E-state index in [1.54, 1.807) is 0 Å². The van der Waals surface area contributed by atoms with Gasteiger partial charge in [-0.2, -0.15) is 0 Å². The number of nitrogens with zero attached hydrogens (tertiary/aromatic N) is 2. The summed E-state index contributed by atoms with van der Waals surface area (Å²) in [5.41, 5.74) is 8.76. The van der Waals surface area contributed by atoms with Crippen molar-refractivity contribution in [2.24, 2.45) is 10.7 Å². The van der Waals surface area contributed by atoms with E-state index in [0.717, 1.165) is 38.4 Å². The number of hydrogen-bond acceptors (Lipinski definition) is 1. The molecule has 0 saturated carbocycles. The number of nitrogens with two attached hydrogens (primary N) is 1. The first-order valence-electron chi connectivity index (χ1n) is 7.42. The molecule has 19 heavy (non-hydrogen) atoms. The third-order valence-electron chi connectivity index (χ3n) is 3.79. The minimum absolute atomic E-state index is 0.727. The van der Waals surface area contributed by atoms with E-state index in [9.17, 15) is 0 Å². The van der Waals surface area contributed by atoms with Gasteiger partial charge < -0.3 is 10.6 Å². The van der Waals surface area contributed by atoms with Crippen molar-refractivity contribution in [3.8, 4) is 0 Å². The van der Waals surface area contributed by atoms with E-state index >= 15 is 0 Å². The average Bonchev–Trinajstić information content (AvgIpc) is 2.49. The van der Waals surface area contributed by atoms with Gasteiger partial charge in [-0.05, 0) is 43.2 Å². The van der Waals surface area contributed by atoms with Crippen LogP contribution < -0.4 is 5.73 Å². The molecule has 1 aliphatic heterocycles. The summed E-state index contributed by atoms with van der Waals surface area (Å²) < 4.78 is 0. The van der Waals surface area contributed by atoms with Gasteiger partial charge in [0.05, 0.1) is 0 Å². The number of rotatable bonds is 4. The lowest BCUT2D eigenvalue weighted by Gasteiger charge is -2.27. The summed E-state index contributed by atoms with van der Waals surface area (Å²) in [6, 6.07) is 8.80. The van der Waals surface area contributed by atoms with Crippen LogP contribution in [0.5, 0.6) is 0 Å². The van der Waals surface area contributed by atoms with Crippen LogP contribution in [-0.2, 0) is 12.8 Å². The smallest absolute Gasteiger partial charge is 0.191 e. The summed E-state index contributed by atoms with van der Waals surface area (Å²) in [7, 11) is 0. The molecule has 3 heteroatoms. The molecular formula is C16H25N3. The van der Waals surface area contributed by atoms with E-state index in [4.69, 9.17) is 5.73 Å². The molecule has 3 nitrogen and oxygen atoms in total. The van der Waals surface area contributed by atoms with Gasteiger partial charge in [-0.15, -0.1) is 0 Å². The highest BCUT2D eigenvalue weighted by molar-refractivity contribution is 5.78. The summed E-state index contributed by atoms with van der Waals surface area (Å²) in [4.78, 5) is 6.72. The predicted octanol–water partition coefficient (Wildman–Crippen LogP) is 2.59. The van der Waals surface area contributed by atoms with Crippen molar-refractivity contribution in [3.05, 3.63) is 35.4 Å². The highest BCUT2D eigenvalue weighted by atomic mass is 15.2. The third kappa shape index (κ3) is 4.27. The summed E-state index contributed by atoms with van der Waals surface area (Å²) in [6.07, 6.45) is 5.88. The standard InChI is InChI=1S/C16H25N3/c1-2-14-6-8-15(9-7-14)10-11-18-16(17)19-12-4-3-5-13-19/h6-9H,2-5,10-13H2,1H3,(H2,17,18). The Morgan fingerprint density at radius 3 is 2.37 bits per heavy atom. The van der Waals surface area contributed by atoms with Crippen LogP contribution in [0.3, 0.4) is 0 Å². The van der Waals surface area contributed by atoms with Gasteiger partial charge in [0.15, 0.2) is 5.96 Å². The molecule has 2 N–H and O–H groups in total. The highest BCUT2D eigenvalue weighted by Crippen LogP contribution is 2.08. The molecule has 1 aromatic carbocycles. The molecule has 0 radical (unpaired) electrons. The maximum Gasteiger partial charge on any atom is 0.191 e. The van der Waals surface area contributed by atoms with Gasteiger partial charge in [0, 0.05) is 19.6 Å². The molecule has 0 amide bonds. The first kappa shape index (κ1) is 13.9. The van der Waals surface area contributed by atoms with Crippen molar-refractivity contribution in [1.82, 2.24) is 4.90 Å². The molecule has 0 bridgehead atoms. The Morgan fingerprint density at radius 2 is 1.74 bits per heavy atom. The Balaban J connectivity index is 1.80. The quantitative estimate of drug-likeness (QED) is 0.667. The van der Waals surface area contributed by atoms with Gasteiger partial charge in [0.2, 0.25) is 0 Å². The molecule has 0 aromatic heterocycles. The van der Waals surface area contributed by atoms with E-state index in [2.05, 4.69) is 41.1 Å². The SMILES string of the molecule is CCc1ccc(CCN=C(N)N2CCCCC2)cc1. The summed E-state index contributed by atoms with van der Waals surface area (Å²) in [5.74, 6) is 0.727. The van der Waals surface area contributed by atoms with Gasteiger partial charge in [-0.1, -0.05) is 31.2 Å². The highest BCUT2D eigenvalue weighted by Gasteiger charge is 2.11. The number of guanidine groups is 1. The van der Waals surface area contributed by atoms with Gasteiger partial charge in [0.1, 0.15) is 0 Å². The van der Waals surface area contributed by atoms with Crippen LogP contribution in [0.2, 0.25) is 0 Å². The number of benzene rings is 1. The van der Waals surface area contributed by atoms with Crippen LogP contribution >= 0.6 is 0 Å². The Bertz CT molecular complexity index is 403. The van der Waals surface area contributed by atoms with Crippen LogP contribution in [0.25, 0.3) is 0 Å². The Kier molecular flexibility index (Phi) is 5.25. The van der Waals surface area contributed by atoms with Gasteiger partial charge >= 0.3 is 0 Å². The number of aryl methyl sites for hydroxylation is 1. The third-order valence-corrected chi connectivity index (χ3v) is 3.79. The van der Waals surface area contributed by atoms with Crippen LogP contribution in [0.15, 0.2) is 29.3 Å². The molecular weight excluding hydrogens is 234 g/mol. The molecule has 0 unspecified atom stereocenters. The maximum atomic E-state index is 6.03. The second kappa shape index (κ2) is 7.17. The van der Waals surface area contributed by atoms with Crippen LogP contribution in [0.4, 0.5) is 0 Å². The maximum absolute atomic E-state index is 6.03. The number of likely N-dealkylation sites (tertiary alicyclic amines) is 1. The summed E-state index contributed by atoms with van der Waals surface area (Å²) >= 11 is 0. The molecule has 0 atom stereocenters. The van der Waals surface area contributed by atoms with Crippen LogP contribution in [-0.4, -0.2) is 30.5 Å². The number of piperidine rings is 1. The summed E-state index contributed by atoms with van der Waals surface area (Å²) in [6.45, 7) is 5.10. The lowest BCUT2D eigenvalue weighted by molar-refractivity contribution is 0.338. The zero-order valence-electron chi connectivity index (χ0n) is 11.9. The van der Waals surface area contributed by atoms with Gasteiger partial charge in [-0.3, -0.25) is 4.99 Å². The fourth-order valence-corrected chi connectivity index (χ4v) is 2.46. The van der Waals surface area contributed by atoms with E-state index in [0.29, 0.717) is 0 Å². The molecule has 1 fully saturated rings. The Morgan fingerprint density at radius 1 is 1.11 bits per heavy atom. The van der Waals surface area contributed by atoms with E-state index in [-0.39, 0.29) is 0 Å². The molecule has 0 spiro atoms. The van der Waals surface area contributed by atoms with Crippen molar-refractivity contribution < 1.29 is 0 Å². The van der Waals surface area contributed by atoms with Gasteiger partial charge in [0.25, 0.3) is 0 Å². The first-order valence-corrected chi connectivity index (χ1v) is 7.42. The monoisotopic (exact) mass is 259 g/mol. The van der Waals surface area contributed by atoms with Crippen molar-refractivity contribution in [2.75, 3.05) is 19.6 Å². The lowest BCUT2D eigenvalue weighted by Crippen LogP contribution is -2.41. The zero-order valence-corrected chi connectivity index (χ0v) is 11.9. The predicted molar refractivity (Wildman–Crippen MR) is 81.4 cm³/mol. The zero-order chi connectivity index (χ0) is 13.5. The Labute approximate surface area is 116 Å². The molecule has 1 heterocycles. The first-order chi connectivity index (χ1) is 9.29. The minimum atomic E-state index is 0.727. The lowest BCUT2D eigenvalue weighted by atomic mass is 10.1. The van der Waals surface area contributed by atoms with E-state index in [1.807, 2.05) is 0 Å². The van der Waals surface area contributed by atoms with Crippen LogP contribution in [0, 0.1) is 0 Å². The molecule has 0 aliphatic carbocycles. The molecule has 2 rings (SSSR count). The van der Waals surface area contributed by atoms with E-state index in [1.165, 1.54) is 30.4 Å². The van der Waals surface area contributed by atoms with Crippen molar-refractivity contribution >= 4 is 5.96 Å². The van der Waals surface area contributed by atoms with Crippen LogP contribution in [0.1, 0.15) is 37.3 Å². The molecule has 1 aromatic rings. The van der Waals surface area contributed by atoms with Crippen molar-refractivity contribution in [3.63, 3.8) is 0 Å². The topological polar surface area (TPSA) is 41.6 Å². The summed E-state index contributed by atoms with van der Waals surface area (Å²) in [5, 5.41) is 0. The largest absolute Gasteiger partial charge is 0.370 e. The second-order valence-electron chi connectivity index (χ2n) is 5.21. The fourth-order valence-electron chi connectivity index (χ4n) is 2.46. The average molecular weight is 259 g/mol.